The van der Waals surface area contributed by atoms with Crippen molar-refractivity contribution in [2.45, 2.75) is 26.2 Å². The van der Waals surface area contributed by atoms with Crippen LogP contribution in [0.15, 0.2) is 42.5 Å². The van der Waals surface area contributed by atoms with Crippen molar-refractivity contribution in [3.8, 4) is 5.75 Å². The van der Waals surface area contributed by atoms with Crippen LogP contribution in [0.1, 0.15) is 40.9 Å². The molecule has 0 bridgehead atoms. The van der Waals surface area contributed by atoms with Gasteiger partial charge in [-0.25, -0.2) is 4.39 Å². The maximum Gasteiger partial charge on any atom is 0.305 e. The molecule has 1 unspecified atom stereocenters. The zero-order chi connectivity index (χ0) is 22.0. The molecule has 7 nitrogen and oxygen atoms in total. The van der Waals surface area contributed by atoms with Crippen molar-refractivity contribution < 1.29 is 29.0 Å². The highest BCUT2D eigenvalue weighted by Crippen LogP contribution is 2.34. The predicted octanol–water partition coefficient (Wildman–Crippen LogP) is 3.18. The molecule has 1 aromatic heterocycles. The number of nitrogens with one attached hydrogen (secondary N) is 1. The van der Waals surface area contributed by atoms with E-state index in [4.69, 9.17) is 5.11 Å². The SMILES string of the molecule is Cc1c(C(C)C(=O)NCCC(=O)O)c2cc(O)ccc2n1C(=O)c1cccc(F)c1. The first-order valence-electron chi connectivity index (χ1n) is 9.34. The Labute approximate surface area is 171 Å². The Hall–Kier alpha value is -3.68. The second-order valence-corrected chi connectivity index (χ2v) is 7.01. The van der Waals surface area contributed by atoms with Gasteiger partial charge in [0.2, 0.25) is 5.91 Å². The molecule has 0 aliphatic carbocycles. The first-order valence-corrected chi connectivity index (χ1v) is 9.34. The number of fused-ring (bicyclic) bond motifs is 1. The molecule has 2 aromatic carbocycles. The van der Waals surface area contributed by atoms with Gasteiger partial charge in [0, 0.05) is 23.2 Å². The number of benzene rings is 2. The van der Waals surface area contributed by atoms with Crippen molar-refractivity contribution in [2.75, 3.05) is 6.54 Å². The monoisotopic (exact) mass is 412 g/mol. The number of amides is 1. The van der Waals surface area contributed by atoms with Crippen LogP contribution in [0.2, 0.25) is 0 Å². The van der Waals surface area contributed by atoms with Crippen LogP contribution >= 0.6 is 0 Å². The summed E-state index contributed by atoms with van der Waals surface area (Å²) in [4.78, 5) is 36.4. The van der Waals surface area contributed by atoms with Crippen LogP contribution in [0.4, 0.5) is 4.39 Å². The van der Waals surface area contributed by atoms with Crippen LogP contribution in [-0.2, 0) is 9.59 Å². The summed E-state index contributed by atoms with van der Waals surface area (Å²) in [6.07, 6.45) is -0.210. The number of hydrogen-bond acceptors (Lipinski definition) is 4. The van der Waals surface area contributed by atoms with E-state index in [1.54, 1.807) is 19.9 Å². The average Bonchev–Trinajstić information content (AvgIpc) is 2.97. The van der Waals surface area contributed by atoms with Crippen molar-refractivity contribution in [1.82, 2.24) is 9.88 Å². The lowest BCUT2D eigenvalue weighted by atomic mass is 9.97. The van der Waals surface area contributed by atoms with E-state index in [1.165, 1.54) is 34.9 Å². The summed E-state index contributed by atoms with van der Waals surface area (Å²) in [7, 11) is 0. The molecule has 0 aliphatic heterocycles. The first-order chi connectivity index (χ1) is 14.2. The molecule has 1 heterocycles. The smallest absolute Gasteiger partial charge is 0.305 e. The summed E-state index contributed by atoms with van der Waals surface area (Å²) in [5.74, 6) is -3.19. The van der Waals surface area contributed by atoms with Gasteiger partial charge in [-0.2, -0.15) is 0 Å². The Bertz CT molecular complexity index is 1150. The van der Waals surface area contributed by atoms with E-state index in [-0.39, 0.29) is 24.3 Å². The van der Waals surface area contributed by atoms with Crippen LogP contribution in [0.5, 0.6) is 5.75 Å². The van der Waals surface area contributed by atoms with Gasteiger partial charge in [0.15, 0.2) is 0 Å². The molecule has 0 aliphatic rings. The van der Waals surface area contributed by atoms with Gasteiger partial charge >= 0.3 is 5.97 Å². The Morgan fingerprint density at radius 3 is 2.57 bits per heavy atom. The zero-order valence-corrected chi connectivity index (χ0v) is 16.5. The molecule has 8 heteroatoms. The van der Waals surface area contributed by atoms with E-state index in [2.05, 4.69) is 5.32 Å². The number of phenolic OH excluding ortho intramolecular Hbond substituents is 1. The van der Waals surface area contributed by atoms with Crippen molar-refractivity contribution in [3.63, 3.8) is 0 Å². The third-order valence-electron chi connectivity index (χ3n) is 4.98. The molecular formula is C22H21FN2O5. The molecule has 156 valence electrons. The fraction of sp³-hybridized carbons (Fsp3) is 0.227. The average molecular weight is 412 g/mol. The fourth-order valence-electron chi connectivity index (χ4n) is 3.57. The second kappa shape index (κ2) is 8.36. The number of aromatic hydroxyl groups is 1. The minimum absolute atomic E-state index is 0.0241. The van der Waals surface area contributed by atoms with Crippen molar-refractivity contribution >= 4 is 28.7 Å². The molecule has 0 saturated heterocycles. The zero-order valence-electron chi connectivity index (χ0n) is 16.5. The Morgan fingerprint density at radius 1 is 1.17 bits per heavy atom. The molecule has 3 N–H and O–H groups in total. The molecule has 1 amide bonds. The van der Waals surface area contributed by atoms with E-state index in [9.17, 15) is 23.9 Å². The maximum atomic E-state index is 13.6. The summed E-state index contributed by atoms with van der Waals surface area (Å²) in [6.45, 7) is 3.28. The predicted molar refractivity (Wildman–Crippen MR) is 108 cm³/mol. The molecule has 0 fully saturated rings. The number of phenols is 1. The Balaban J connectivity index is 2.08. The standard InChI is InChI=1S/C22H21FN2O5/c1-12(21(29)24-9-8-19(27)28)20-13(2)25(18-7-6-16(26)11-17(18)20)22(30)14-4-3-5-15(23)10-14/h3-7,10-12,26H,8-9H2,1-2H3,(H,24,29)(H,27,28). The van der Waals surface area contributed by atoms with Gasteiger partial charge in [0.25, 0.3) is 5.91 Å². The van der Waals surface area contributed by atoms with E-state index in [1.807, 2.05) is 0 Å². The number of aliphatic carboxylic acids is 1. The highest BCUT2D eigenvalue weighted by atomic mass is 19.1. The van der Waals surface area contributed by atoms with Crippen LogP contribution in [0.3, 0.4) is 0 Å². The lowest BCUT2D eigenvalue weighted by Crippen LogP contribution is -2.30. The molecule has 3 rings (SSSR count). The van der Waals surface area contributed by atoms with Gasteiger partial charge in [-0.1, -0.05) is 6.07 Å². The Kier molecular flexibility index (Phi) is 5.86. The van der Waals surface area contributed by atoms with E-state index < -0.39 is 29.5 Å². The van der Waals surface area contributed by atoms with Gasteiger partial charge in [-0.15, -0.1) is 0 Å². The molecule has 3 aromatic rings. The van der Waals surface area contributed by atoms with E-state index in [0.29, 0.717) is 22.2 Å². The normalized spacial score (nSPS) is 12.0. The van der Waals surface area contributed by atoms with Crippen LogP contribution < -0.4 is 5.32 Å². The minimum atomic E-state index is -1.03. The third kappa shape index (κ3) is 4.03. The molecule has 0 radical (unpaired) electrons. The largest absolute Gasteiger partial charge is 0.508 e. The highest BCUT2D eigenvalue weighted by molar-refractivity contribution is 6.05. The van der Waals surface area contributed by atoms with Gasteiger partial charge in [0.1, 0.15) is 11.6 Å². The van der Waals surface area contributed by atoms with Crippen LogP contribution in [0, 0.1) is 12.7 Å². The number of rotatable bonds is 6. The first kappa shape index (κ1) is 21.0. The number of aromatic nitrogens is 1. The van der Waals surface area contributed by atoms with E-state index >= 15 is 0 Å². The van der Waals surface area contributed by atoms with Gasteiger partial charge in [-0.3, -0.25) is 19.0 Å². The summed E-state index contributed by atoms with van der Waals surface area (Å²) in [6, 6.07) is 9.77. The van der Waals surface area contributed by atoms with Crippen molar-refractivity contribution in [3.05, 3.63) is 65.1 Å². The molecular weight excluding hydrogens is 391 g/mol. The van der Waals surface area contributed by atoms with Gasteiger partial charge in [-0.05, 0) is 55.8 Å². The van der Waals surface area contributed by atoms with E-state index in [0.717, 1.165) is 6.07 Å². The third-order valence-corrected chi connectivity index (χ3v) is 4.98. The van der Waals surface area contributed by atoms with Crippen LogP contribution in [-0.4, -0.2) is 39.1 Å². The Morgan fingerprint density at radius 2 is 1.90 bits per heavy atom. The molecule has 1 atom stereocenters. The highest BCUT2D eigenvalue weighted by Gasteiger charge is 2.27. The number of carbonyl (C=O) groups excluding carboxylic acids is 2. The summed E-state index contributed by atoms with van der Waals surface area (Å²) in [5.41, 5.74) is 1.62. The minimum Gasteiger partial charge on any atom is -0.508 e. The van der Waals surface area contributed by atoms with Gasteiger partial charge in [0.05, 0.1) is 17.9 Å². The molecule has 30 heavy (non-hydrogen) atoms. The number of carbonyl (C=O) groups is 3. The summed E-state index contributed by atoms with van der Waals surface area (Å²) < 4.78 is 15.0. The molecule has 0 saturated carbocycles. The van der Waals surface area contributed by atoms with Crippen molar-refractivity contribution in [1.29, 1.82) is 0 Å². The second-order valence-electron chi connectivity index (χ2n) is 7.01. The lowest BCUT2D eigenvalue weighted by Gasteiger charge is -2.13. The van der Waals surface area contributed by atoms with Gasteiger partial charge < -0.3 is 15.5 Å². The number of nitrogens with zero attached hydrogens (tertiary/aromatic N) is 1. The quantitative estimate of drug-likeness (QED) is 0.576. The summed E-state index contributed by atoms with van der Waals surface area (Å²) >= 11 is 0. The number of carboxylic acid groups (broad SMARTS) is 1. The lowest BCUT2D eigenvalue weighted by molar-refractivity contribution is -0.136. The number of hydrogen-bond donors (Lipinski definition) is 3. The fourth-order valence-corrected chi connectivity index (χ4v) is 3.57. The topological polar surface area (TPSA) is 109 Å². The number of carboxylic acids is 1. The van der Waals surface area contributed by atoms with Crippen LogP contribution in [0.25, 0.3) is 10.9 Å². The molecule has 0 spiro atoms. The van der Waals surface area contributed by atoms with Crippen molar-refractivity contribution in [2.24, 2.45) is 0 Å². The number of halogens is 1. The maximum absolute atomic E-state index is 13.6. The summed E-state index contributed by atoms with van der Waals surface area (Å²) in [5, 5.41) is 21.8.